The molecule has 3 N–H and O–H groups in total. The predicted octanol–water partition coefficient (Wildman–Crippen LogP) is 1.87. The summed E-state index contributed by atoms with van der Waals surface area (Å²) >= 11 is 0. The van der Waals surface area contributed by atoms with Crippen molar-refractivity contribution in [2.24, 2.45) is 5.92 Å². The van der Waals surface area contributed by atoms with Gasteiger partial charge >= 0.3 is 18.0 Å². The molecule has 0 aliphatic carbocycles. The first-order chi connectivity index (χ1) is 10.4. The molecule has 0 radical (unpaired) electrons. The van der Waals surface area contributed by atoms with Crippen LogP contribution in [-0.4, -0.2) is 34.3 Å². The van der Waals surface area contributed by atoms with Crippen molar-refractivity contribution in [3.63, 3.8) is 0 Å². The Morgan fingerprint density at radius 3 is 2.36 bits per heavy atom. The van der Waals surface area contributed by atoms with Gasteiger partial charge in [-0.05, 0) is 18.9 Å². The molecule has 7 heteroatoms. The molecule has 0 saturated carbocycles. The van der Waals surface area contributed by atoms with Gasteiger partial charge in [-0.2, -0.15) is 0 Å². The predicted molar refractivity (Wildman–Crippen MR) is 77.2 cm³/mol. The zero-order valence-corrected chi connectivity index (χ0v) is 12.2. The van der Waals surface area contributed by atoms with Crippen LogP contribution >= 0.6 is 0 Å². The molecule has 22 heavy (non-hydrogen) atoms. The zero-order chi connectivity index (χ0) is 16.5. The molecule has 0 aliphatic heterocycles. The minimum Gasteiger partial charge on any atom is -0.481 e. The van der Waals surface area contributed by atoms with Crippen LogP contribution in [0.5, 0.6) is 0 Å². The minimum absolute atomic E-state index is 0.0647. The zero-order valence-electron chi connectivity index (χ0n) is 12.2. The lowest BCUT2D eigenvalue weighted by Crippen LogP contribution is -2.41. The molecule has 2 atom stereocenters. The quantitative estimate of drug-likeness (QED) is 0.675. The largest absolute Gasteiger partial charge is 0.481 e. The topological polar surface area (TPSA) is 113 Å². The van der Waals surface area contributed by atoms with Gasteiger partial charge in [0.2, 0.25) is 0 Å². The third kappa shape index (κ3) is 6.25. The monoisotopic (exact) mass is 309 g/mol. The Morgan fingerprint density at radius 1 is 1.18 bits per heavy atom. The highest BCUT2D eigenvalue weighted by atomic mass is 16.5. The number of aliphatic carboxylic acids is 2. The molecule has 7 nitrogen and oxygen atoms in total. The Balaban J connectivity index is 2.46. The lowest BCUT2D eigenvalue weighted by Gasteiger charge is -2.20. The first-order valence-electron chi connectivity index (χ1n) is 6.82. The molecule has 0 spiro atoms. The van der Waals surface area contributed by atoms with Crippen molar-refractivity contribution in [3.8, 4) is 0 Å². The smallest absolute Gasteiger partial charge is 0.407 e. The third-order valence-electron chi connectivity index (χ3n) is 3.15. The maximum Gasteiger partial charge on any atom is 0.407 e. The van der Waals surface area contributed by atoms with Gasteiger partial charge in [0.05, 0.1) is 5.92 Å². The van der Waals surface area contributed by atoms with Crippen LogP contribution in [0.25, 0.3) is 0 Å². The molecule has 1 aromatic carbocycles. The Hall–Kier alpha value is -2.57. The molecule has 0 heterocycles. The van der Waals surface area contributed by atoms with E-state index in [1.165, 1.54) is 6.92 Å². The van der Waals surface area contributed by atoms with E-state index >= 15 is 0 Å². The molecular formula is C15H19NO6. The van der Waals surface area contributed by atoms with Crippen molar-refractivity contribution in [1.82, 2.24) is 5.32 Å². The van der Waals surface area contributed by atoms with Crippen LogP contribution < -0.4 is 5.32 Å². The standard InChI is InChI=1S/C15H19NO6/c1-10(12(14(19)20)7-8-13(17)18)16-15(21)22-9-11-5-3-2-4-6-11/h2-6,10,12H,7-9H2,1H3,(H,16,21)(H,17,18)(H,19,20). The second-order valence-electron chi connectivity index (χ2n) is 4.87. The highest BCUT2D eigenvalue weighted by molar-refractivity contribution is 5.74. The molecule has 0 aromatic heterocycles. The van der Waals surface area contributed by atoms with E-state index in [-0.39, 0.29) is 19.4 Å². The first-order valence-corrected chi connectivity index (χ1v) is 6.82. The molecule has 1 aromatic rings. The Kier molecular flexibility index (Phi) is 6.88. The molecule has 1 amide bonds. The summed E-state index contributed by atoms with van der Waals surface area (Å²) in [7, 11) is 0. The van der Waals surface area contributed by atoms with E-state index in [2.05, 4.69) is 5.32 Å². The van der Waals surface area contributed by atoms with E-state index in [1.807, 2.05) is 18.2 Å². The Bertz CT molecular complexity index is 516. The molecule has 1 rings (SSSR count). The molecule has 0 aliphatic rings. The molecule has 0 bridgehead atoms. The number of carbonyl (C=O) groups is 3. The van der Waals surface area contributed by atoms with E-state index < -0.39 is 30.0 Å². The van der Waals surface area contributed by atoms with Gasteiger partial charge in [0.25, 0.3) is 0 Å². The number of hydrogen-bond donors (Lipinski definition) is 3. The summed E-state index contributed by atoms with van der Waals surface area (Å²) in [5.41, 5.74) is 0.811. The Labute approximate surface area is 127 Å². The summed E-state index contributed by atoms with van der Waals surface area (Å²) < 4.78 is 4.99. The highest BCUT2D eigenvalue weighted by Crippen LogP contribution is 2.12. The van der Waals surface area contributed by atoms with Gasteiger partial charge in [-0.25, -0.2) is 4.79 Å². The fourth-order valence-corrected chi connectivity index (χ4v) is 1.92. The second kappa shape index (κ2) is 8.66. The van der Waals surface area contributed by atoms with Gasteiger partial charge in [-0.15, -0.1) is 0 Å². The molecule has 0 saturated heterocycles. The van der Waals surface area contributed by atoms with Crippen LogP contribution in [0.3, 0.4) is 0 Å². The van der Waals surface area contributed by atoms with Crippen LogP contribution in [0.2, 0.25) is 0 Å². The van der Waals surface area contributed by atoms with E-state index in [9.17, 15) is 14.4 Å². The Morgan fingerprint density at radius 2 is 1.82 bits per heavy atom. The molecule has 0 fully saturated rings. The number of carboxylic acids is 2. The summed E-state index contributed by atoms with van der Waals surface area (Å²) in [6, 6.07) is 8.32. The summed E-state index contributed by atoms with van der Waals surface area (Å²) in [5.74, 6) is -3.22. The van der Waals surface area contributed by atoms with Gasteiger partial charge in [-0.1, -0.05) is 30.3 Å². The van der Waals surface area contributed by atoms with Crippen LogP contribution in [0.4, 0.5) is 4.79 Å². The summed E-state index contributed by atoms with van der Waals surface area (Å²) in [5, 5.41) is 20.1. The van der Waals surface area contributed by atoms with Crippen LogP contribution in [0, 0.1) is 5.92 Å². The molecular weight excluding hydrogens is 290 g/mol. The number of carbonyl (C=O) groups excluding carboxylic acids is 1. The normalized spacial score (nSPS) is 13.0. The van der Waals surface area contributed by atoms with Gasteiger partial charge in [0, 0.05) is 12.5 Å². The first kappa shape index (κ1) is 17.5. The number of nitrogens with one attached hydrogen (secondary N) is 1. The van der Waals surface area contributed by atoms with Gasteiger partial charge < -0.3 is 20.3 Å². The van der Waals surface area contributed by atoms with E-state index in [0.717, 1.165) is 5.56 Å². The number of benzene rings is 1. The number of amides is 1. The van der Waals surface area contributed by atoms with Crippen LogP contribution in [0.1, 0.15) is 25.3 Å². The lowest BCUT2D eigenvalue weighted by molar-refractivity contribution is -0.143. The van der Waals surface area contributed by atoms with Gasteiger partial charge in [-0.3, -0.25) is 9.59 Å². The van der Waals surface area contributed by atoms with Crippen LogP contribution in [-0.2, 0) is 20.9 Å². The van der Waals surface area contributed by atoms with E-state index in [4.69, 9.17) is 14.9 Å². The van der Waals surface area contributed by atoms with Crippen molar-refractivity contribution < 1.29 is 29.3 Å². The summed E-state index contributed by atoms with van der Waals surface area (Å²) in [6.07, 6.45) is -1.08. The van der Waals surface area contributed by atoms with Crippen molar-refractivity contribution in [3.05, 3.63) is 35.9 Å². The van der Waals surface area contributed by atoms with Crippen molar-refractivity contribution >= 4 is 18.0 Å². The summed E-state index contributed by atoms with van der Waals surface area (Å²) in [6.45, 7) is 1.58. The summed E-state index contributed by atoms with van der Waals surface area (Å²) in [4.78, 5) is 33.3. The van der Waals surface area contributed by atoms with Crippen molar-refractivity contribution in [1.29, 1.82) is 0 Å². The number of hydrogen-bond acceptors (Lipinski definition) is 4. The highest BCUT2D eigenvalue weighted by Gasteiger charge is 2.27. The second-order valence-corrected chi connectivity index (χ2v) is 4.87. The lowest BCUT2D eigenvalue weighted by atomic mass is 9.96. The van der Waals surface area contributed by atoms with E-state index in [1.54, 1.807) is 12.1 Å². The maximum absolute atomic E-state index is 11.6. The van der Waals surface area contributed by atoms with Crippen molar-refractivity contribution in [2.75, 3.05) is 0 Å². The molecule has 120 valence electrons. The fraction of sp³-hybridized carbons (Fsp3) is 0.400. The SMILES string of the molecule is CC(NC(=O)OCc1ccccc1)C(CCC(=O)O)C(=O)O. The number of rotatable bonds is 8. The van der Waals surface area contributed by atoms with Crippen molar-refractivity contribution in [2.45, 2.75) is 32.4 Å². The number of alkyl carbamates (subject to hydrolysis) is 1. The average molecular weight is 309 g/mol. The maximum atomic E-state index is 11.6. The van der Waals surface area contributed by atoms with Crippen LogP contribution in [0.15, 0.2) is 30.3 Å². The number of ether oxygens (including phenoxy) is 1. The van der Waals surface area contributed by atoms with Gasteiger partial charge in [0.15, 0.2) is 0 Å². The van der Waals surface area contributed by atoms with E-state index in [0.29, 0.717) is 0 Å². The number of carboxylic acid groups (broad SMARTS) is 2. The third-order valence-corrected chi connectivity index (χ3v) is 3.15. The minimum atomic E-state index is -1.16. The van der Waals surface area contributed by atoms with Gasteiger partial charge in [0.1, 0.15) is 6.61 Å². The fourth-order valence-electron chi connectivity index (χ4n) is 1.92. The average Bonchev–Trinajstić information content (AvgIpc) is 2.45. The molecule has 2 unspecified atom stereocenters.